The van der Waals surface area contributed by atoms with Crippen LogP contribution in [0.4, 0.5) is 11.6 Å². The summed E-state index contributed by atoms with van der Waals surface area (Å²) in [5.74, 6) is 0.523. The van der Waals surface area contributed by atoms with Crippen LogP contribution in [0.2, 0.25) is 0 Å². The van der Waals surface area contributed by atoms with Crippen molar-refractivity contribution < 1.29 is 0 Å². The molecule has 0 unspecified atom stereocenters. The van der Waals surface area contributed by atoms with Crippen LogP contribution in [0.15, 0.2) is 76.7 Å². The Hall–Kier alpha value is -3.37. The molecular formula is C18H12N6S. The minimum Gasteiger partial charge on any atom is -0.323 e. The first-order chi connectivity index (χ1) is 12.3. The second kappa shape index (κ2) is 6.63. The molecule has 7 heteroatoms. The molecule has 0 bridgehead atoms. The van der Waals surface area contributed by atoms with Crippen molar-refractivity contribution in [2.24, 2.45) is 0 Å². The zero-order valence-electron chi connectivity index (χ0n) is 13.0. The molecule has 0 atom stereocenters. The van der Waals surface area contributed by atoms with E-state index in [1.165, 1.54) is 0 Å². The lowest BCUT2D eigenvalue weighted by Crippen LogP contribution is -2.00. The van der Waals surface area contributed by atoms with Gasteiger partial charge in [-0.3, -0.25) is 0 Å². The second-order valence-corrected chi connectivity index (χ2v) is 6.29. The number of aromatic nitrogens is 4. The molecular weight excluding hydrogens is 332 g/mol. The maximum Gasteiger partial charge on any atom is 0.250 e. The molecule has 4 rings (SSSR count). The van der Waals surface area contributed by atoms with E-state index in [9.17, 15) is 0 Å². The molecule has 120 valence electrons. The lowest BCUT2D eigenvalue weighted by molar-refractivity contribution is 0.861. The minimum atomic E-state index is 0.523. The molecule has 4 aromatic rings. The number of nitrogens with zero attached hydrogens (tertiary/aromatic N) is 5. The molecule has 6 nitrogen and oxygen atoms in total. The van der Waals surface area contributed by atoms with E-state index in [1.54, 1.807) is 28.4 Å². The Morgan fingerprint density at radius 1 is 0.920 bits per heavy atom. The Morgan fingerprint density at radius 3 is 2.48 bits per heavy atom. The number of rotatable bonds is 4. The Bertz CT molecular complexity index is 1050. The summed E-state index contributed by atoms with van der Waals surface area (Å²) < 4.78 is 1.67. The molecule has 2 aromatic heterocycles. The van der Waals surface area contributed by atoms with E-state index < -0.39 is 0 Å². The lowest BCUT2D eigenvalue weighted by Gasteiger charge is -2.05. The van der Waals surface area contributed by atoms with E-state index >= 15 is 0 Å². The smallest absolute Gasteiger partial charge is 0.250 e. The second-order valence-electron chi connectivity index (χ2n) is 5.19. The van der Waals surface area contributed by atoms with E-state index in [0.29, 0.717) is 17.2 Å². The average Bonchev–Trinajstić information content (AvgIpc) is 3.05. The van der Waals surface area contributed by atoms with Crippen molar-refractivity contribution in [2.45, 2.75) is 9.92 Å². The first-order valence-electron chi connectivity index (χ1n) is 7.54. The number of hydrogen-bond donors (Lipinski definition) is 1. The van der Waals surface area contributed by atoms with E-state index in [0.717, 1.165) is 15.6 Å². The van der Waals surface area contributed by atoms with Crippen molar-refractivity contribution in [1.29, 1.82) is 5.26 Å². The first-order valence-corrected chi connectivity index (χ1v) is 8.36. The van der Waals surface area contributed by atoms with Crippen molar-refractivity contribution in [2.75, 3.05) is 5.32 Å². The van der Waals surface area contributed by atoms with Crippen LogP contribution in [-0.2, 0) is 0 Å². The van der Waals surface area contributed by atoms with Gasteiger partial charge in [0, 0.05) is 10.6 Å². The van der Waals surface area contributed by atoms with Gasteiger partial charge in [-0.1, -0.05) is 30.0 Å². The summed E-state index contributed by atoms with van der Waals surface area (Å²) in [6.45, 7) is 0. The van der Waals surface area contributed by atoms with Gasteiger partial charge < -0.3 is 5.32 Å². The quantitative estimate of drug-likeness (QED) is 0.605. The van der Waals surface area contributed by atoms with Crippen LogP contribution in [-0.4, -0.2) is 19.8 Å². The first kappa shape index (κ1) is 15.2. The van der Waals surface area contributed by atoms with Crippen molar-refractivity contribution >= 4 is 29.0 Å². The van der Waals surface area contributed by atoms with Gasteiger partial charge in [0.1, 0.15) is 5.03 Å². The van der Waals surface area contributed by atoms with Gasteiger partial charge in [0.25, 0.3) is 0 Å². The topological polar surface area (TPSA) is 78.9 Å². The molecule has 0 spiro atoms. The molecule has 0 aliphatic carbocycles. The van der Waals surface area contributed by atoms with Gasteiger partial charge in [-0.25, -0.2) is 0 Å². The Morgan fingerprint density at radius 2 is 1.72 bits per heavy atom. The predicted molar refractivity (Wildman–Crippen MR) is 95.8 cm³/mol. The molecule has 0 saturated heterocycles. The standard InChI is InChI=1S/C18H12N6S/c19-12-13-6-8-14(9-7-13)20-18-22-21-16-10-11-17(23-24(16)18)25-15-4-2-1-3-5-15/h1-11H,(H,20,22). The molecule has 2 heterocycles. The lowest BCUT2D eigenvalue weighted by atomic mass is 10.2. The molecule has 0 saturated carbocycles. The number of hydrogen-bond acceptors (Lipinski definition) is 6. The number of nitriles is 1. The SMILES string of the molecule is N#Cc1ccc(Nc2nnc3ccc(Sc4ccccc4)nn23)cc1. The summed E-state index contributed by atoms with van der Waals surface area (Å²) in [6.07, 6.45) is 0. The van der Waals surface area contributed by atoms with Gasteiger partial charge in [0.15, 0.2) is 5.65 Å². The third kappa shape index (κ3) is 3.29. The highest BCUT2D eigenvalue weighted by atomic mass is 32.2. The normalized spacial score (nSPS) is 10.5. The number of nitrogens with one attached hydrogen (secondary N) is 1. The van der Waals surface area contributed by atoms with Crippen molar-refractivity contribution in [3.8, 4) is 6.07 Å². The third-order valence-electron chi connectivity index (χ3n) is 3.47. The minimum absolute atomic E-state index is 0.523. The Balaban J connectivity index is 1.63. The number of anilines is 2. The summed E-state index contributed by atoms with van der Waals surface area (Å²) >= 11 is 1.57. The average molecular weight is 344 g/mol. The number of fused-ring (bicyclic) bond motifs is 1. The fourth-order valence-corrected chi connectivity index (χ4v) is 3.06. The zero-order chi connectivity index (χ0) is 17.1. The fourth-order valence-electron chi connectivity index (χ4n) is 2.27. The Labute approximate surface area is 148 Å². The summed E-state index contributed by atoms with van der Waals surface area (Å²) in [5.41, 5.74) is 2.08. The van der Waals surface area contributed by atoms with Crippen LogP contribution < -0.4 is 5.32 Å². The number of benzene rings is 2. The van der Waals surface area contributed by atoms with E-state index in [2.05, 4.69) is 26.7 Å². The maximum absolute atomic E-state index is 8.87. The summed E-state index contributed by atoms with van der Waals surface area (Å²) in [4.78, 5) is 1.11. The molecule has 0 amide bonds. The van der Waals surface area contributed by atoms with Crippen molar-refractivity contribution in [3.63, 3.8) is 0 Å². The largest absolute Gasteiger partial charge is 0.323 e. The van der Waals surface area contributed by atoms with E-state index in [4.69, 9.17) is 5.26 Å². The van der Waals surface area contributed by atoms with Crippen LogP contribution in [0, 0.1) is 11.3 Å². The van der Waals surface area contributed by atoms with E-state index in [1.807, 2.05) is 54.6 Å². The highest BCUT2D eigenvalue weighted by molar-refractivity contribution is 7.99. The molecule has 0 radical (unpaired) electrons. The van der Waals surface area contributed by atoms with Crippen molar-refractivity contribution in [1.82, 2.24) is 19.8 Å². The molecule has 2 aromatic carbocycles. The molecule has 0 fully saturated rings. The fraction of sp³-hybridized carbons (Fsp3) is 0. The van der Waals surface area contributed by atoms with Gasteiger partial charge >= 0.3 is 0 Å². The van der Waals surface area contributed by atoms with Crippen LogP contribution in [0.5, 0.6) is 0 Å². The van der Waals surface area contributed by atoms with Crippen LogP contribution in [0.25, 0.3) is 5.65 Å². The summed E-state index contributed by atoms with van der Waals surface area (Å²) in [6, 6.07) is 23.1. The molecule has 0 aliphatic rings. The van der Waals surface area contributed by atoms with Gasteiger partial charge in [-0.15, -0.1) is 10.2 Å². The zero-order valence-corrected chi connectivity index (χ0v) is 13.8. The van der Waals surface area contributed by atoms with Crippen molar-refractivity contribution in [3.05, 3.63) is 72.3 Å². The van der Waals surface area contributed by atoms with Gasteiger partial charge in [0.2, 0.25) is 5.95 Å². The Kier molecular flexibility index (Phi) is 4.02. The molecule has 0 aliphatic heterocycles. The molecule has 1 N–H and O–H groups in total. The third-order valence-corrected chi connectivity index (χ3v) is 4.41. The van der Waals surface area contributed by atoms with Crippen LogP contribution in [0.1, 0.15) is 5.56 Å². The molecule has 25 heavy (non-hydrogen) atoms. The highest BCUT2D eigenvalue weighted by Crippen LogP contribution is 2.26. The van der Waals surface area contributed by atoms with Gasteiger partial charge in [-0.2, -0.15) is 14.9 Å². The van der Waals surface area contributed by atoms with Crippen LogP contribution >= 0.6 is 11.8 Å². The summed E-state index contributed by atoms with van der Waals surface area (Å²) in [7, 11) is 0. The summed E-state index contributed by atoms with van der Waals surface area (Å²) in [5, 5.41) is 25.8. The highest BCUT2D eigenvalue weighted by Gasteiger charge is 2.09. The maximum atomic E-state index is 8.87. The van der Waals surface area contributed by atoms with Gasteiger partial charge in [0.05, 0.1) is 11.6 Å². The van der Waals surface area contributed by atoms with Crippen LogP contribution in [0.3, 0.4) is 0 Å². The monoisotopic (exact) mass is 344 g/mol. The van der Waals surface area contributed by atoms with Gasteiger partial charge in [-0.05, 0) is 48.5 Å². The predicted octanol–water partition coefficient (Wildman–Crippen LogP) is 3.89. The van der Waals surface area contributed by atoms with E-state index in [-0.39, 0.29) is 0 Å².